The van der Waals surface area contributed by atoms with Gasteiger partial charge in [0.2, 0.25) is 5.88 Å². The van der Waals surface area contributed by atoms with Crippen molar-refractivity contribution in [2.45, 2.75) is 19.0 Å². The summed E-state index contributed by atoms with van der Waals surface area (Å²) in [5.74, 6) is 0.391. The van der Waals surface area contributed by atoms with E-state index in [1.807, 2.05) is 0 Å². The Kier molecular flexibility index (Phi) is 3.16. The van der Waals surface area contributed by atoms with Gasteiger partial charge < -0.3 is 4.74 Å². The fourth-order valence-electron chi connectivity index (χ4n) is 0.778. The average molecular weight is 194 g/mol. The Morgan fingerprint density at radius 1 is 1.46 bits per heavy atom. The summed E-state index contributed by atoms with van der Waals surface area (Å²) in [6, 6.07) is 1.55. The van der Waals surface area contributed by atoms with Crippen molar-refractivity contribution in [1.82, 2.24) is 10.2 Å². The molecule has 1 aromatic rings. The highest BCUT2D eigenvalue weighted by molar-refractivity contribution is 5.03. The number of aromatic amines is 1. The molecule has 0 amide bonds. The van der Waals surface area contributed by atoms with Gasteiger partial charge in [0, 0.05) is 12.5 Å². The van der Waals surface area contributed by atoms with Gasteiger partial charge in [-0.15, -0.1) is 0 Å². The fourth-order valence-corrected chi connectivity index (χ4v) is 0.778. The number of alkyl halides is 3. The van der Waals surface area contributed by atoms with Crippen LogP contribution in [0, 0.1) is 0 Å². The first kappa shape index (κ1) is 9.88. The number of aromatic nitrogens is 2. The van der Waals surface area contributed by atoms with Gasteiger partial charge >= 0.3 is 6.18 Å². The molecule has 0 fully saturated rings. The maximum Gasteiger partial charge on any atom is 0.389 e. The van der Waals surface area contributed by atoms with Gasteiger partial charge in [0.05, 0.1) is 12.8 Å². The van der Waals surface area contributed by atoms with E-state index in [4.69, 9.17) is 4.74 Å². The van der Waals surface area contributed by atoms with Crippen LogP contribution < -0.4 is 4.74 Å². The molecule has 0 unspecified atom stereocenters. The number of hydrogen-bond donors (Lipinski definition) is 1. The second-order valence-electron chi connectivity index (χ2n) is 2.49. The molecule has 13 heavy (non-hydrogen) atoms. The lowest BCUT2D eigenvalue weighted by Crippen LogP contribution is -2.09. The monoisotopic (exact) mass is 194 g/mol. The molecule has 0 aromatic carbocycles. The molecular weight excluding hydrogens is 185 g/mol. The summed E-state index contributed by atoms with van der Waals surface area (Å²) in [6.45, 7) is 0.0434. The van der Waals surface area contributed by atoms with Crippen molar-refractivity contribution in [3.8, 4) is 5.88 Å². The molecule has 0 radical (unpaired) electrons. The van der Waals surface area contributed by atoms with Crippen molar-refractivity contribution in [3.05, 3.63) is 12.3 Å². The molecule has 1 rings (SSSR count). The first-order valence-electron chi connectivity index (χ1n) is 3.77. The third kappa shape index (κ3) is 4.39. The van der Waals surface area contributed by atoms with Crippen molar-refractivity contribution in [1.29, 1.82) is 0 Å². The van der Waals surface area contributed by atoms with Gasteiger partial charge in [-0.2, -0.15) is 18.3 Å². The zero-order chi connectivity index (χ0) is 9.73. The van der Waals surface area contributed by atoms with Crippen LogP contribution in [0.2, 0.25) is 0 Å². The lowest BCUT2D eigenvalue weighted by Gasteiger charge is -2.05. The third-order valence-electron chi connectivity index (χ3n) is 1.34. The van der Waals surface area contributed by atoms with Crippen LogP contribution in [0.5, 0.6) is 5.88 Å². The van der Waals surface area contributed by atoms with E-state index in [0.717, 1.165) is 0 Å². The molecule has 0 aliphatic carbocycles. The van der Waals surface area contributed by atoms with Crippen molar-refractivity contribution in [2.24, 2.45) is 0 Å². The number of H-pyrrole nitrogens is 1. The number of nitrogens with zero attached hydrogens (tertiary/aromatic N) is 1. The summed E-state index contributed by atoms with van der Waals surface area (Å²) in [6.07, 6.45) is -3.49. The van der Waals surface area contributed by atoms with Gasteiger partial charge in [-0.05, 0) is 6.42 Å². The van der Waals surface area contributed by atoms with Crippen LogP contribution in [-0.4, -0.2) is 23.0 Å². The highest BCUT2D eigenvalue weighted by Gasteiger charge is 2.26. The van der Waals surface area contributed by atoms with Crippen LogP contribution in [0.25, 0.3) is 0 Å². The van der Waals surface area contributed by atoms with Crippen molar-refractivity contribution in [2.75, 3.05) is 6.61 Å². The highest BCUT2D eigenvalue weighted by atomic mass is 19.4. The molecular formula is C7H9F3N2O. The Labute approximate surface area is 72.9 Å². The largest absolute Gasteiger partial charge is 0.478 e. The smallest absolute Gasteiger partial charge is 0.389 e. The van der Waals surface area contributed by atoms with E-state index in [2.05, 4.69) is 10.2 Å². The average Bonchev–Trinajstić information content (AvgIpc) is 2.48. The first-order chi connectivity index (χ1) is 6.08. The Hall–Kier alpha value is -1.20. The summed E-state index contributed by atoms with van der Waals surface area (Å²) in [4.78, 5) is 0. The molecule has 0 saturated carbocycles. The number of hydrogen-bond acceptors (Lipinski definition) is 2. The molecule has 0 spiro atoms. The molecule has 1 aromatic heterocycles. The molecule has 74 valence electrons. The Morgan fingerprint density at radius 2 is 2.23 bits per heavy atom. The van der Waals surface area contributed by atoms with E-state index in [1.54, 1.807) is 6.07 Å². The van der Waals surface area contributed by atoms with Crippen molar-refractivity contribution < 1.29 is 17.9 Å². The van der Waals surface area contributed by atoms with Gasteiger partial charge in [0.1, 0.15) is 0 Å². The van der Waals surface area contributed by atoms with Crippen LogP contribution in [0.4, 0.5) is 13.2 Å². The van der Waals surface area contributed by atoms with E-state index in [-0.39, 0.29) is 13.0 Å². The minimum atomic E-state index is -4.10. The first-order valence-corrected chi connectivity index (χ1v) is 3.77. The molecule has 0 aliphatic heterocycles. The van der Waals surface area contributed by atoms with Gasteiger partial charge in [-0.1, -0.05) is 0 Å². The Bertz CT molecular complexity index is 232. The summed E-state index contributed by atoms with van der Waals surface area (Å²) in [7, 11) is 0. The Morgan fingerprint density at radius 3 is 2.77 bits per heavy atom. The predicted molar refractivity (Wildman–Crippen MR) is 39.4 cm³/mol. The van der Waals surface area contributed by atoms with E-state index in [9.17, 15) is 13.2 Å². The molecule has 1 N–H and O–H groups in total. The second kappa shape index (κ2) is 4.15. The molecule has 0 saturated heterocycles. The number of nitrogens with one attached hydrogen (secondary N) is 1. The summed E-state index contributed by atoms with van der Waals surface area (Å²) in [5.41, 5.74) is 0. The van der Waals surface area contributed by atoms with Crippen molar-refractivity contribution in [3.63, 3.8) is 0 Å². The van der Waals surface area contributed by atoms with E-state index in [1.165, 1.54) is 6.20 Å². The summed E-state index contributed by atoms with van der Waals surface area (Å²) >= 11 is 0. The van der Waals surface area contributed by atoms with Gasteiger partial charge in [-0.3, -0.25) is 0 Å². The zero-order valence-corrected chi connectivity index (χ0v) is 6.77. The van der Waals surface area contributed by atoms with Gasteiger partial charge in [0.15, 0.2) is 0 Å². The van der Waals surface area contributed by atoms with Crippen LogP contribution in [-0.2, 0) is 0 Å². The quantitative estimate of drug-likeness (QED) is 0.745. The van der Waals surface area contributed by atoms with Crippen molar-refractivity contribution >= 4 is 0 Å². The number of ether oxygens (including phenoxy) is 1. The molecule has 6 heteroatoms. The molecule has 0 atom stereocenters. The van der Waals surface area contributed by atoms with Crippen LogP contribution in [0.1, 0.15) is 12.8 Å². The van der Waals surface area contributed by atoms with E-state index >= 15 is 0 Å². The Balaban J connectivity index is 2.09. The summed E-state index contributed by atoms with van der Waals surface area (Å²) < 4.78 is 39.9. The molecule has 0 aliphatic rings. The SMILES string of the molecule is FC(F)(F)CCCOc1ccn[nH]1. The maximum atomic E-state index is 11.6. The van der Waals surface area contributed by atoms with Gasteiger partial charge in [0.25, 0.3) is 0 Å². The zero-order valence-electron chi connectivity index (χ0n) is 6.77. The highest BCUT2D eigenvalue weighted by Crippen LogP contribution is 2.21. The minimum absolute atomic E-state index is 0.0392. The van der Waals surface area contributed by atoms with Crippen LogP contribution in [0.3, 0.4) is 0 Å². The van der Waals surface area contributed by atoms with Crippen LogP contribution >= 0.6 is 0 Å². The lowest BCUT2D eigenvalue weighted by molar-refractivity contribution is -0.136. The predicted octanol–water partition coefficient (Wildman–Crippen LogP) is 2.13. The van der Waals surface area contributed by atoms with Gasteiger partial charge in [-0.25, -0.2) is 5.10 Å². The molecule has 1 heterocycles. The maximum absolute atomic E-state index is 11.6. The summed E-state index contributed by atoms with van der Waals surface area (Å²) in [5, 5.41) is 6.06. The lowest BCUT2D eigenvalue weighted by atomic mass is 10.3. The second-order valence-corrected chi connectivity index (χ2v) is 2.49. The standard InChI is InChI=1S/C7H9F3N2O/c8-7(9,10)3-1-5-13-6-2-4-11-12-6/h2,4H,1,3,5H2,(H,11,12). The number of rotatable bonds is 4. The third-order valence-corrected chi connectivity index (χ3v) is 1.34. The molecule has 3 nitrogen and oxygen atoms in total. The van der Waals surface area contributed by atoms with Crippen LogP contribution in [0.15, 0.2) is 12.3 Å². The fraction of sp³-hybridized carbons (Fsp3) is 0.571. The topological polar surface area (TPSA) is 37.9 Å². The van der Waals surface area contributed by atoms with E-state index in [0.29, 0.717) is 5.88 Å². The number of halogens is 3. The van der Waals surface area contributed by atoms with E-state index < -0.39 is 12.6 Å². The normalized spacial score (nSPS) is 11.6. The molecule has 0 bridgehead atoms. The minimum Gasteiger partial charge on any atom is -0.478 e.